The Morgan fingerprint density at radius 2 is 2.26 bits per heavy atom. The van der Waals surface area contributed by atoms with E-state index in [-0.39, 0.29) is 12.5 Å². The van der Waals surface area contributed by atoms with Gasteiger partial charge in [0.25, 0.3) is 0 Å². The van der Waals surface area contributed by atoms with Gasteiger partial charge in [-0.1, -0.05) is 36.7 Å². The lowest BCUT2D eigenvalue weighted by atomic mass is 10.2. The first kappa shape index (κ1) is 13.4. The molecule has 2 aromatic rings. The molecule has 0 saturated heterocycles. The number of hydrogen-bond acceptors (Lipinski definition) is 5. The largest absolute Gasteiger partial charge is 0.484 e. The van der Waals surface area contributed by atoms with Crippen LogP contribution in [0.5, 0.6) is 5.75 Å². The highest BCUT2D eigenvalue weighted by Gasteiger charge is 2.12. The minimum Gasteiger partial charge on any atom is -0.484 e. The molecule has 0 bridgehead atoms. The molecule has 0 radical (unpaired) electrons. The molecule has 0 aliphatic heterocycles. The molecule has 0 amide bonds. The van der Waals surface area contributed by atoms with E-state index in [4.69, 9.17) is 26.1 Å². The van der Waals surface area contributed by atoms with Gasteiger partial charge >= 0.3 is 0 Å². The molecule has 1 aromatic heterocycles. The average Bonchev–Trinajstić information content (AvgIpc) is 2.85. The van der Waals surface area contributed by atoms with E-state index >= 15 is 0 Å². The number of hydrogen-bond donors (Lipinski definition) is 0. The lowest BCUT2D eigenvalue weighted by molar-refractivity contribution is 0.283. The highest BCUT2D eigenvalue weighted by atomic mass is 35.5. The van der Waals surface area contributed by atoms with Crippen LogP contribution in [-0.2, 0) is 6.61 Å². The van der Waals surface area contributed by atoms with E-state index < -0.39 is 0 Å². The second-order valence-corrected chi connectivity index (χ2v) is 4.62. The Morgan fingerprint density at radius 1 is 1.47 bits per heavy atom. The normalized spacial score (nSPS) is 10.5. The number of aromatic nitrogens is 2. The topological polar surface area (TPSA) is 71.9 Å². The van der Waals surface area contributed by atoms with E-state index in [1.54, 1.807) is 18.2 Å². The Hall–Kier alpha value is -2.06. The third-order valence-corrected chi connectivity index (χ3v) is 2.74. The van der Waals surface area contributed by atoms with E-state index in [2.05, 4.69) is 10.1 Å². The van der Waals surface area contributed by atoms with Crippen molar-refractivity contribution < 1.29 is 9.26 Å². The molecule has 1 aromatic carbocycles. The SMILES string of the molecule is CC(C)c1nc(COc2cccc(Cl)c2C#N)no1. The van der Waals surface area contributed by atoms with E-state index in [0.717, 1.165) is 0 Å². The first-order valence-electron chi connectivity index (χ1n) is 5.75. The van der Waals surface area contributed by atoms with Gasteiger partial charge in [0, 0.05) is 5.92 Å². The summed E-state index contributed by atoms with van der Waals surface area (Å²) in [6.07, 6.45) is 0. The van der Waals surface area contributed by atoms with Crippen molar-refractivity contribution in [2.75, 3.05) is 0 Å². The molecule has 0 atom stereocenters. The standard InChI is InChI=1S/C13H12ClN3O2/c1-8(2)13-16-12(17-19-13)7-18-11-5-3-4-10(14)9(11)6-15/h3-5,8H,7H2,1-2H3. The van der Waals surface area contributed by atoms with Crippen molar-refractivity contribution in [1.82, 2.24) is 10.1 Å². The molecule has 0 spiro atoms. The smallest absolute Gasteiger partial charge is 0.229 e. The zero-order chi connectivity index (χ0) is 13.8. The zero-order valence-electron chi connectivity index (χ0n) is 10.6. The Kier molecular flexibility index (Phi) is 4.03. The molecule has 98 valence electrons. The minimum atomic E-state index is 0.130. The highest BCUT2D eigenvalue weighted by molar-refractivity contribution is 6.31. The summed E-state index contributed by atoms with van der Waals surface area (Å²) >= 11 is 5.90. The summed E-state index contributed by atoms with van der Waals surface area (Å²) in [4.78, 5) is 4.18. The van der Waals surface area contributed by atoms with Gasteiger partial charge in [-0.05, 0) is 12.1 Å². The molecule has 0 N–H and O–H groups in total. The van der Waals surface area contributed by atoms with Gasteiger partial charge in [-0.15, -0.1) is 0 Å². The number of benzene rings is 1. The second kappa shape index (κ2) is 5.72. The number of nitriles is 1. The van der Waals surface area contributed by atoms with Crippen LogP contribution in [0.4, 0.5) is 0 Å². The van der Waals surface area contributed by atoms with Gasteiger partial charge in [0.15, 0.2) is 6.61 Å². The quantitative estimate of drug-likeness (QED) is 0.857. The third kappa shape index (κ3) is 3.04. The maximum Gasteiger partial charge on any atom is 0.229 e. The Morgan fingerprint density at radius 3 is 2.89 bits per heavy atom. The summed E-state index contributed by atoms with van der Waals surface area (Å²) in [5.74, 6) is 1.57. The molecule has 0 aliphatic rings. The van der Waals surface area contributed by atoms with Crippen molar-refractivity contribution in [3.8, 4) is 11.8 Å². The molecular formula is C13H12ClN3O2. The second-order valence-electron chi connectivity index (χ2n) is 4.22. The van der Waals surface area contributed by atoms with Gasteiger partial charge in [0.2, 0.25) is 11.7 Å². The van der Waals surface area contributed by atoms with Crippen LogP contribution in [0.25, 0.3) is 0 Å². The molecule has 19 heavy (non-hydrogen) atoms. The van der Waals surface area contributed by atoms with Crippen LogP contribution >= 0.6 is 11.6 Å². The summed E-state index contributed by atoms with van der Waals surface area (Å²) in [7, 11) is 0. The van der Waals surface area contributed by atoms with Gasteiger partial charge in [0.1, 0.15) is 17.4 Å². The number of halogens is 1. The molecule has 0 aliphatic carbocycles. The molecule has 5 nitrogen and oxygen atoms in total. The van der Waals surface area contributed by atoms with E-state index in [1.165, 1.54) is 0 Å². The first-order chi connectivity index (χ1) is 9.11. The first-order valence-corrected chi connectivity index (χ1v) is 6.13. The predicted molar refractivity (Wildman–Crippen MR) is 68.9 cm³/mol. The number of ether oxygens (including phenoxy) is 1. The average molecular weight is 278 g/mol. The summed E-state index contributed by atoms with van der Waals surface area (Å²) in [5.41, 5.74) is 0.303. The van der Waals surface area contributed by atoms with Crippen LogP contribution in [-0.4, -0.2) is 10.1 Å². The molecule has 0 fully saturated rings. The van der Waals surface area contributed by atoms with Crippen molar-refractivity contribution >= 4 is 11.6 Å². The van der Waals surface area contributed by atoms with Crippen molar-refractivity contribution in [3.05, 3.63) is 40.5 Å². The van der Waals surface area contributed by atoms with Crippen LogP contribution in [0.1, 0.15) is 37.0 Å². The van der Waals surface area contributed by atoms with E-state index in [1.807, 2.05) is 19.9 Å². The van der Waals surface area contributed by atoms with Crippen LogP contribution in [0.3, 0.4) is 0 Å². The van der Waals surface area contributed by atoms with Gasteiger partial charge in [-0.25, -0.2) is 0 Å². The van der Waals surface area contributed by atoms with Gasteiger partial charge in [0.05, 0.1) is 5.02 Å². The van der Waals surface area contributed by atoms with Crippen molar-refractivity contribution in [1.29, 1.82) is 5.26 Å². The van der Waals surface area contributed by atoms with E-state index in [9.17, 15) is 0 Å². The Labute approximate surface area is 115 Å². The van der Waals surface area contributed by atoms with Gasteiger partial charge < -0.3 is 9.26 Å². The summed E-state index contributed by atoms with van der Waals surface area (Å²) in [6, 6.07) is 7.03. The fourth-order valence-electron chi connectivity index (χ4n) is 1.44. The van der Waals surface area contributed by atoms with Crippen LogP contribution in [0.15, 0.2) is 22.7 Å². The van der Waals surface area contributed by atoms with E-state index in [0.29, 0.717) is 28.1 Å². The van der Waals surface area contributed by atoms with Crippen molar-refractivity contribution in [2.45, 2.75) is 26.4 Å². The number of rotatable bonds is 4. The third-order valence-electron chi connectivity index (χ3n) is 2.42. The number of nitrogens with zero attached hydrogens (tertiary/aromatic N) is 3. The summed E-state index contributed by atoms with van der Waals surface area (Å²) < 4.78 is 10.6. The lowest BCUT2D eigenvalue weighted by Gasteiger charge is -2.05. The fraction of sp³-hybridized carbons (Fsp3) is 0.308. The molecule has 0 saturated carbocycles. The van der Waals surface area contributed by atoms with Gasteiger partial charge in [-0.2, -0.15) is 10.2 Å². The fourth-order valence-corrected chi connectivity index (χ4v) is 1.64. The molecule has 2 rings (SSSR count). The Bertz CT molecular complexity index is 617. The van der Waals surface area contributed by atoms with Crippen LogP contribution in [0.2, 0.25) is 5.02 Å². The zero-order valence-corrected chi connectivity index (χ0v) is 11.3. The predicted octanol–water partition coefficient (Wildman–Crippen LogP) is 3.30. The van der Waals surface area contributed by atoms with Crippen molar-refractivity contribution in [2.24, 2.45) is 0 Å². The highest BCUT2D eigenvalue weighted by Crippen LogP contribution is 2.25. The maximum atomic E-state index is 9.01. The van der Waals surface area contributed by atoms with Gasteiger partial charge in [-0.3, -0.25) is 0 Å². The van der Waals surface area contributed by atoms with Crippen LogP contribution in [0, 0.1) is 11.3 Å². The molecule has 6 heteroatoms. The van der Waals surface area contributed by atoms with Crippen LogP contribution < -0.4 is 4.74 Å². The summed E-state index contributed by atoms with van der Waals surface area (Å²) in [6.45, 7) is 4.05. The lowest BCUT2D eigenvalue weighted by Crippen LogP contribution is -2.00. The Balaban J connectivity index is 2.10. The summed E-state index contributed by atoms with van der Waals surface area (Å²) in [5, 5.41) is 13.2. The monoisotopic (exact) mass is 277 g/mol. The molecular weight excluding hydrogens is 266 g/mol. The minimum absolute atomic E-state index is 0.130. The van der Waals surface area contributed by atoms with Crippen molar-refractivity contribution in [3.63, 3.8) is 0 Å². The molecule has 1 heterocycles. The maximum absolute atomic E-state index is 9.01. The molecule has 0 unspecified atom stereocenters.